The zero-order valence-corrected chi connectivity index (χ0v) is 20.8. The van der Waals surface area contributed by atoms with Crippen LogP contribution in [0.3, 0.4) is 0 Å². The molecule has 0 saturated carbocycles. The molecule has 2 amide bonds. The third-order valence-corrected chi connectivity index (χ3v) is 7.13. The van der Waals surface area contributed by atoms with Gasteiger partial charge in [0.2, 0.25) is 5.91 Å². The number of ether oxygens (including phenoxy) is 1. The van der Waals surface area contributed by atoms with Crippen molar-refractivity contribution in [2.75, 3.05) is 31.2 Å². The van der Waals surface area contributed by atoms with Crippen molar-refractivity contribution in [1.82, 2.24) is 15.1 Å². The van der Waals surface area contributed by atoms with Gasteiger partial charge in [-0.05, 0) is 72.5 Å². The Labute approximate surface area is 196 Å². The maximum atomic E-state index is 13.3. The molecular formula is C25H32N4O3S. The number of carbonyl (C=O) groups excluding carboxylic acids is 2. The zero-order chi connectivity index (χ0) is 24.2. The van der Waals surface area contributed by atoms with Crippen LogP contribution in [0.2, 0.25) is 0 Å². The highest BCUT2D eigenvalue weighted by molar-refractivity contribution is 8.32. The summed E-state index contributed by atoms with van der Waals surface area (Å²) in [6.45, 7) is 1.79. The average molecular weight is 469 g/mol. The van der Waals surface area contributed by atoms with Gasteiger partial charge in [0.25, 0.3) is 5.91 Å². The van der Waals surface area contributed by atoms with Gasteiger partial charge in [0.05, 0.1) is 19.2 Å². The number of rotatable bonds is 8. The first-order valence-corrected chi connectivity index (χ1v) is 13.5. The molecule has 0 aliphatic heterocycles. The van der Waals surface area contributed by atoms with Gasteiger partial charge in [0.1, 0.15) is 11.8 Å². The first-order chi connectivity index (χ1) is 15.6. The predicted octanol–water partition coefficient (Wildman–Crippen LogP) is 4.08. The van der Waals surface area contributed by atoms with Crippen molar-refractivity contribution in [3.05, 3.63) is 72.1 Å². The molecule has 2 aromatic carbocycles. The summed E-state index contributed by atoms with van der Waals surface area (Å²) in [6.07, 6.45) is 10.1. The van der Waals surface area contributed by atoms with Crippen molar-refractivity contribution in [2.45, 2.75) is 23.8 Å². The van der Waals surface area contributed by atoms with E-state index in [0.29, 0.717) is 17.0 Å². The van der Waals surface area contributed by atoms with E-state index in [4.69, 9.17) is 4.74 Å². The largest absolute Gasteiger partial charge is 0.497 e. The van der Waals surface area contributed by atoms with E-state index in [9.17, 15) is 9.59 Å². The smallest absolute Gasteiger partial charge is 0.251 e. The molecule has 0 saturated heterocycles. The molecule has 3 rings (SSSR count). The van der Waals surface area contributed by atoms with Gasteiger partial charge in [0.15, 0.2) is 0 Å². The number of methoxy groups -OCH3 is 1. The summed E-state index contributed by atoms with van der Waals surface area (Å²) in [5.74, 6) is -0.358. The summed E-state index contributed by atoms with van der Waals surface area (Å²) in [7, 11) is 2.53. The van der Waals surface area contributed by atoms with Crippen LogP contribution in [-0.2, 0) is 16.6 Å². The lowest BCUT2D eigenvalue weighted by atomic mass is 10.0. The minimum Gasteiger partial charge on any atom is -0.497 e. The number of aromatic nitrogens is 2. The molecule has 0 fully saturated rings. The van der Waals surface area contributed by atoms with Crippen LogP contribution in [0.25, 0.3) is 0 Å². The van der Waals surface area contributed by atoms with Crippen molar-refractivity contribution in [1.29, 1.82) is 0 Å². The highest BCUT2D eigenvalue weighted by Gasteiger charge is 2.26. The molecule has 0 aliphatic carbocycles. The molecule has 0 aliphatic rings. The topological polar surface area (TPSA) is 85.2 Å². The highest BCUT2D eigenvalue weighted by atomic mass is 32.3. The molecule has 1 aromatic heterocycles. The number of hydrogen-bond acceptors (Lipinski definition) is 4. The van der Waals surface area contributed by atoms with Crippen LogP contribution in [0.1, 0.15) is 30.0 Å². The zero-order valence-electron chi connectivity index (χ0n) is 20.0. The Morgan fingerprint density at radius 1 is 0.970 bits per heavy atom. The molecule has 1 heterocycles. The summed E-state index contributed by atoms with van der Waals surface area (Å²) < 4.78 is 6.88. The lowest BCUT2D eigenvalue weighted by Crippen LogP contribution is -2.38. The van der Waals surface area contributed by atoms with Crippen molar-refractivity contribution in [3.63, 3.8) is 0 Å². The second kappa shape index (κ2) is 10.1. The van der Waals surface area contributed by atoms with Crippen LogP contribution in [0.15, 0.2) is 65.8 Å². The number of benzene rings is 2. The summed E-state index contributed by atoms with van der Waals surface area (Å²) in [5, 5.41) is 9.99. The molecule has 0 spiro atoms. The van der Waals surface area contributed by atoms with E-state index in [1.54, 1.807) is 62.4 Å². The molecule has 2 atom stereocenters. The lowest BCUT2D eigenvalue weighted by molar-refractivity contribution is -0.127. The average Bonchev–Trinajstić information content (AvgIpc) is 3.22. The Bertz CT molecular complexity index is 1100. The van der Waals surface area contributed by atoms with Crippen LogP contribution in [0.5, 0.6) is 5.75 Å². The molecule has 2 N–H and O–H groups in total. The SMILES string of the molecule is COc1ccc(C(NC(=O)C(C)c2cnn(C)c2)C(=O)Nc2ccc(S(C)(C)C)cc2)cc1. The second-order valence-corrected chi connectivity index (χ2v) is 12.9. The van der Waals surface area contributed by atoms with Crippen LogP contribution in [0.4, 0.5) is 5.69 Å². The lowest BCUT2D eigenvalue weighted by Gasteiger charge is -2.26. The molecule has 0 bridgehead atoms. The van der Waals surface area contributed by atoms with Gasteiger partial charge in [-0.25, -0.2) is 10.0 Å². The highest BCUT2D eigenvalue weighted by Crippen LogP contribution is 2.45. The van der Waals surface area contributed by atoms with Crippen LogP contribution in [-0.4, -0.2) is 47.5 Å². The summed E-state index contributed by atoms with van der Waals surface area (Å²) in [4.78, 5) is 27.6. The summed E-state index contributed by atoms with van der Waals surface area (Å²) in [6, 6.07) is 14.1. The summed E-state index contributed by atoms with van der Waals surface area (Å²) >= 11 is 0. The third-order valence-electron chi connectivity index (χ3n) is 5.45. The molecule has 7 nitrogen and oxygen atoms in total. The molecule has 176 valence electrons. The van der Waals surface area contributed by atoms with Crippen LogP contribution < -0.4 is 15.4 Å². The van der Waals surface area contributed by atoms with Gasteiger partial charge in [-0.2, -0.15) is 5.10 Å². The Hall–Kier alpha value is -3.26. The first-order valence-electron chi connectivity index (χ1n) is 10.6. The van der Waals surface area contributed by atoms with Gasteiger partial charge in [-0.1, -0.05) is 12.1 Å². The van der Waals surface area contributed by atoms with E-state index < -0.39 is 22.0 Å². The fraction of sp³-hybridized carbons (Fsp3) is 0.320. The fourth-order valence-electron chi connectivity index (χ4n) is 3.34. The van der Waals surface area contributed by atoms with E-state index in [0.717, 1.165) is 5.56 Å². The monoisotopic (exact) mass is 468 g/mol. The number of amides is 2. The predicted molar refractivity (Wildman–Crippen MR) is 134 cm³/mol. The molecule has 2 unspecified atom stereocenters. The maximum Gasteiger partial charge on any atom is 0.251 e. The minimum absolute atomic E-state index is 0.259. The number of anilines is 1. The van der Waals surface area contributed by atoms with Gasteiger partial charge in [0, 0.05) is 24.5 Å². The van der Waals surface area contributed by atoms with Crippen molar-refractivity contribution >= 4 is 27.5 Å². The van der Waals surface area contributed by atoms with Crippen LogP contribution >= 0.6 is 10.0 Å². The van der Waals surface area contributed by atoms with E-state index >= 15 is 0 Å². The van der Waals surface area contributed by atoms with Gasteiger partial charge >= 0.3 is 0 Å². The van der Waals surface area contributed by atoms with Gasteiger partial charge in [-0.15, -0.1) is 0 Å². The number of hydrogen-bond donors (Lipinski definition) is 2. The summed E-state index contributed by atoms with van der Waals surface area (Å²) in [5.41, 5.74) is 2.13. The van der Waals surface area contributed by atoms with Crippen molar-refractivity contribution in [2.24, 2.45) is 7.05 Å². The minimum atomic E-state index is -0.865. The standard InChI is InChI=1S/C25H32N4O3S/c1-17(19-15-26-29(2)16-19)24(30)28-23(18-7-11-21(32-3)12-8-18)25(31)27-20-9-13-22(14-10-20)33(4,5)6/h7-17,23H,1-6H3,(H,27,31)(H,28,30). The van der Waals surface area contributed by atoms with Crippen molar-refractivity contribution in [3.8, 4) is 5.75 Å². The Morgan fingerprint density at radius 2 is 1.61 bits per heavy atom. The van der Waals surface area contributed by atoms with Crippen molar-refractivity contribution < 1.29 is 14.3 Å². The Balaban J connectivity index is 1.82. The number of carbonyl (C=O) groups is 2. The Kier molecular flexibility index (Phi) is 7.48. The quantitative estimate of drug-likeness (QED) is 0.522. The van der Waals surface area contributed by atoms with E-state index in [1.165, 1.54) is 4.90 Å². The van der Waals surface area contributed by atoms with Gasteiger partial charge in [-0.3, -0.25) is 14.3 Å². The van der Waals surface area contributed by atoms with E-state index in [-0.39, 0.29) is 11.8 Å². The molecule has 8 heteroatoms. The third kappa shape index (κ3) is 6.16. The molecule has 3 aromatic rings. The fourth-order valence-corrected chi connectivity index (χ4v) is 4.29. The van der Waals surface area contributed by atoms with E-state index in [1.807, 2.05) is 24.3 Å². The maximum absolute atomic E-state index is 13.3. The molecule has 0 radical (unpaired) electrons. The van der Waals surface area contributed by atoms with Gasteiger partial charge < -0.3 is 15.4 Å². The number of nitrogens with one attached hydrogen (secondary N) is 2. The van der Waals surface area contributed by atoms with Crippen LogP contribution in [0, 0.1) is 0 Å². The molecular weight excluding hydrogens is 436 g/mol. The normalized spacial score (nSPS) is 13.6. The molecule has 33 heavy (non-hydrogen) atoms. The second-order valence-electron chi connectivity index (χ2n) is 8.73. The number of nitrogens with zero attached hydrogens (tertiary/aromatic N) is 2. The number of aryl methyl sites for hydroxylation is 1. The first kappa shape index (κ1) is 24.4. The Morgan fingerprint density at radius 3 is 2.12 bits per heavy atom. The van der Waals surface area contributed by atoms with E-state index in [2.05, 4.69) is 34.5 Å².